The molecule has 1 aromatic heterocycles. The van der Waals surface area contributed by atoms with Crippen molar-refractivity contribution in [3.8, 4) is 0 Å². The van der Waals surface area contributed by atoms with E-state index in [1.54, 1.807) is 4.90 Å². The Morgan fingerprint density at radius 3 is 2.59 bits per heavy atom. The molecule has 1 aromatic carbocycles. The molecule has 0 radical (unpaired) electrons. The predicted molar refractivity (Wildman–Crippen MR) is 113 cm³/mol. The molecular formula is C23H30N4O2. The van der Waals surface area contributed by atoms with Crippen molar-refractivity contribution in [1.29, 1.82) is 0 Å². The second-order valence-corrected chi connectivity index (χ2v) is 8.79. The fourth-order valence-electron chi connectivity index (χ4n) is 4.77. The molecule has 1 amide bonds. The van der Waals surface area contributed by atoms with Crippen LogP contribution in [0.25, 0.3) is 0 Å². The van der Waals surface area contributed by atoms with Crippen molar-refractivity contribution in [2.45, 2.75) is 52.1 Å². The van der Waals surface area contributed by atoms with Crippen molar-refractivity contribution in [3.05, 3.63) is 62.3 Å². The van der Waals surface area contributed by atoms with Crippen molar-refractivity contribution in [3.63, 3.8) is 0 Å². The van der Waals surface area contributed by atoms with Crippen LogP contribution in [0.5, 0.6) is 0 Å². The van der Waals surface area contributed by atoms with Crippen LogP contribution in [0.3, 0.4) is 0 Å². The number of amides is 1. The van der Waals surface area contributed by atoms with Crippen molar-refractivity contribution < 1.29 is 4.79 Å². The molecule has 4 rings (SSSR count). The third-order valence-electron chi connectivity index (χ3n) is 5.97. The van der Waals surface area contributed by atoms with Gasteiger partial charge in [0.15, 0.2) is 0 Å². The Balaban J connectivity index is 1.67. The molecule has 3 heterocycles. The molecule has 6 heteroatoms. The molecule has 0 bridgehead atoms. The van der Waals surface area contributed by atoms with Crippen LogP contribution in [0.15, 0.2) is 23.0 Å². The minimum absolute atomic E-state index is 0.00517. The van der Waals surface area contributed by atoms with E-state index in [-0.39, 0.29) is 17.5 Å². The zero-order valence-corrected chi connectivity index (χ0v) is 17.9. The summed E-state index contributed by atoms with van der Waals surface area (Å²) in [5.41, 5.74) is 4.48. The lowest BCUT2D eigenvalue weighted by Crippen LogP contribution is -2.44. The van der Waals surface area contributed by atoms with E-state index in [0.29, 0.717) is 30.6 Å². The minimum atomic E-state index is -0.00517. The minimum Gasteiger partial charge on any atom is -0.334 e. The maximum absolute atomic E-state index is 13.4. The maximum atomic E-state index is 13.4. The van der Waals surface area contributed by atoms with E-state index in [2.05, 4.69) is 11.0 Å². The first-order chi connectivity index (χ1) is 13.8. The van der Waals surface area contributed by atoms with Gasteiger partial charge in [0.1, 0.15) is 5.82 Å². The van der Waals surface area contributed by atoms with Gasteiger partial charge in [0.25, 0.3) is 11.5 Å². The van der Waals surface area contributed by atoms with E-state index >= 15 is 0 Å². The third-order valence-corrected chi connectivity index (χ3v) is 5.97. The number of nitrogens with zero attached hydrogens (tertiary/aromatic N) is 4. The quantitative estimate of drug-likeness (QED) is 0.803. The fraction of sp³-hybridized carbons (Fsp3) is 0.522. The molecule has 2 aromatic rings. The van der Waals surface area contributed by atoms with Crippen LogP contribution in [0.4, 0.5) is 0 Å². The molecule has 2 aliphatic heterocycles. The number of rotatable bonds is 3. The van der Waals surface area contributed by atoms with Gasteiger partial charge >= 0.3 is 0 Å². The lowest BCUT2D eigenvalue weighted by Gasteiger charge is -2.33. The van der Waals surface area contributed by atoms with E-state index in [1.807, 2.05) is 44.6 Å². The number of aromatic nitrogens is 2. The second-order valence-electron chi connectivity index (χ2n) is 8.79. The van der Waals surface area contributed by atoms with Crippen LogP contribution < -0.4 is 5.56 Å². The highest BCUT2D eigenvalue weighted by Crippen LogP contribution is 2.25. The lowest BCUT2D eigenvalue weighted by molar-refractivity contribution is 0.0731. The normalized spacial score (nSPS) is 18.5. The summed E-state index contributed by atoms with van der Waals surface area (Å²) in [5.74, 6) is 0.912. The summed E-state index contributed by atoms with van der Waals surface area (Å²) in [6.07, 6.45) is 3.57. The summed E-state index contributed by atoms with van der Waals surface area (Å²) in [4.78, 5) is 35.3. The van der Waals surface area contributed by atoms with Crippen molar-refractivity contribution in [2.24, 2.45) is 0 Å². The molecule has 0 fully saturated rings. The fourth-order valence-corrected chi connectivity index (χ4v) is 4.77. The van der Waals surface area contributed by atoms with E-state index in [9.17, 15) is 9.59 Å². The first kappa shape index (κ1) is 19.8. The summed E-state index contributed by atoms with van der Waals surface area (Å²) < 4.78 is 1.91. The number of carbonyl (C=O) groups excluding carboxylic acids is 1. The summed E-state index contributed by atoms with van der Waals surface area (Å²) >= 11 is 0. The standard InChI is InChI=1S/C23H30N4O2/c1-15-10-16(2)12-17(11-15)22(28)26-9-8-20-19(14-26)23(29)27-18(13-25(3)4)6-5-7-21(27)24-20/h10-12,18H,5-9,13-14H2,1-4H3. The molecule has 2 aliphatic rings. The number of fused-ring (bicyclic) bond motifs is 2. The average molecular weight is 395 g/mol. The number of hydrogen-bond donors (Lipinski definition) is 0. The molecule has 0 N–H and O–H groups in total. The smallest absolute Gasteiger partial charge is 0.259 e. The number of carbonyl (C=O) groups is 1. The molecular weight excluding hydrogens is 364 g/mol. The Hall–Kier alpha value is -2.47. The van der Waals surface area contributed by atoms with Gasteiger partial charge in [-0.3, -0.25) is 14.2 Å². The van der Waals surface area contributed by atoms with Crippen LogP contribution in [-0.2, 0) is 19.4 Å². The molecule has 0 aliphatic carbocycles. The molecule has 0 spiro atoms. The van der Waals surface area contributed by atoms with Crippen LogP contribution in [-0.4, -0.2) is 52.4 Å². The molecule has 0 saturated heterocycles. The number of likely N-dealkylation sites (N-methyl/N-ethyl adjacent to an activating group) is 1. The van der Waals surface area contributed by atoms with E-state index in [4.69, 9.17) is 4.98 Å². The van der Waals surface area contributed by atoms with Crippen molar-refractivity contribution in [1.82, 2.24) is 19.4 Å². The van der Waals surface area contributed by atoms with Crippen LogP contribution >= 0.6 is 0 Å². The Morgan fingerprint density at radius 2 is 1.90 bits per heavy atom. The largest absolute Gasteiger partial charge is 0.334 e. The van der Waals surface area contributed by atoms with Crippen molar-refractivity contribution >= 4 is 5.91 Å². The van der Waals surface area contributed by atoms with Gasteiger partial charge in [-0.05, 0) is 52.9 Å². The topological polar surface area (TPSA) is 58.4 Å². The SMILES string of the molecule is Cc1cc(C)cc(C(=O)N2CCc3nc4n(c(=O)c3C2)C(CN(C)C)CCC4)c1. The Morgan fingerprint density at radius 1 is 1.17 bits per heavy atom. The van der Waals surface area contributed by atoms with Gasteiger partial charge in [-0.1, -0.05) is 17.2 Å². The Bertz CT molecular complexity index is 988. The maximum Gasteiger partial charge on any atom is 0.259 e. The van der Waals surface area contributed by atoms with E-state index in [0.717, 1.165) is 48.5 Å². The van der Waals surface area contributed by atoms with Crippen molar-refractivity contribution in [2.75, 3.05) is 27.2 Å². The van der Waals surface area contributed by atoms with Crippen LogP contribution in [0.2, 0.25) is 0 Å². The highest BCUT2D eigenvalue weighted by molar-refractivity contribution is 5.94. The summed E-state index contributed by atoms with van der Waals surface area (Å²) in [5, 5.41) is 0. The number of hydrogen-bond acceptors (Lipinski definition) is 4. The highest BCUT2D eigenvalue weighted by atomic mass is 16.2. The van der Waals surface area contributed by atoms with Crippen LogP contribution in [0, 0.1) is 13.8 Å². The molecule has 29 heavy (non-hydrogen) atoms. The Labute approximate surface area is 172 Å². The first-order valence-electron chi connectivity index (χ1n) is 10.5. The monoisotopic (exact) mass is 394 g/mol. The zero-order valence-electron chi connectivity index (χ0n) is 17.9. The van der Waals surface area contributed by atoms with Gasteiger partial charge in [-0.25, -0.2) is 4.98 Å². The van der Waals surface area contributed by atoms with Gasteiger partial charge in [-0.15, -0.1) is 0 Å². The predicted octanol–water partition coefficient (Wildman–Crippen LogP) is 2.50. The summed E-state index contributed by atoms with van der Waals surface area (Å²) in [6, 6.07) is 6.08. The average Bonchev–Trinajstić information content (AvgIpc) is 2.66. The molecule has 6 nitrogen and oxygen atoms in total. The summed E-state index contributed by atoms with van der Waals surface area (Å²) in [6.45, 7) is 5.79. The zero-order chi connectivity index (χ0) is 20.7. The lowest BCUT2D eigenvalue weighted by atomic mass is 9.99. The van der Waals surface area contributed by atoms with Gasteiger partial charge in [0.05, 0.1) is 23.8 Å². The van der Waals surface area contributed by atoms with Gasteiger partial charge in [0, 0.05) is 31.5 Å². The van der Waals surface area contributed by atoms with E-state index < -0.39 is 0 Å². The second kappa shape index (κ2) is 7.75. The van der Waals surface area contributed by atoms with E-state index in [1.165, 1.54) is 0 Å². The van der Waals surface area contributed by atoms with Gasteiger partial charge in [-0.2, -0.15) is 0 Å². The number of aryl methyl sites for hydroxylation is 3. The van der Waals surface area contributed by atoms with Gasteiger partial charge < -0.3 is 9.80 Å². The molecule has 1 atom stereocenters. The highest BCUT2D eigenvalue weighted by Gasteiger charge is 2.30. The first-order valence-corrected chi connectivity index (χ1v) is 10.5. The molecule has 1 unspecified atom stereocenters. The summed E-state index contributed by atoms with van der Waals surface area (Å²) in [7, 11) is 4.07. The molecule has 154 valence electrons. The molecule has 0 saturated carbocycles. The van der Waals surface area contributed by atoms with Crippen LogP contribution in [0.1, 0.15) is 57.5 Å². The third kappa shape index (κ3) is 3.86. The Kier molecular flexibility index (Phi) is 5.30. The number of benzene rings is 1. The van der Waals surface area contributed by atoms with Gasteiger partial charge in [0.2, 0.25) is 0 Å².